The summed E-state index contributed by atoms with van der Waals surface area (Å²) < 4.78 is 0. The molecule has 0 spiro atoms. The van der Waals surface area contributed by atoms with Crippen molar-refractivity contribution in [3.63, 3.8) is 0 Å². The van der Waals surface area contributed by atoms with Crippen LogP contribution in [0.3, 0.4) is 0 Å². The van der Waals surface area contributed by atoms with E-state index in [2.05, 4.69) is 55.3 Å². The third kappa shape index (κ3) is 2.77. The van der Waals surface area contributed by atoms with E-state index < -0.39 is 0 Å². The predicted octanol–water partition coefficient (Wildman–Crippen LogP) is 3.40. The maximum Gasteiger partial charge on any atom is 0.0594 e. The number of hydrogen-bond acceptors (Lipinski definition) is 2. The zero-order valence-corrected chi connectivity index (χ0v) is 11.3. The van der Waals surface area contributed by atoms with E-state index in [1.165, 1.54) is 22.3 Å². The summed E-state index contributed by atoms with van der Waals surface area (Å²) in [6.45, 7) is 7.37. The van der Waals surface area contributed by atoms with Crippen molar-refractivity contribution in [3.05, 3.63) is 65.0 Å². The maximum absolute atomic E-state index is 4.23. The minimum Gasteiger partial charge on any atom is -0.306 e. The molecule has 2 aromatic rings. The van der Waals surface area contributed by atoms with Gasteiger partial charge in [-0.25, -0.2) is 0 Å². The summed E-state index contributed by atoms with van der Waals surface area (Å²) in [5.41, 5.74) is 5.16. The van der Waals surface area contributed by atoms with Gasteiger partial charge in [0.1, 0.15) is 0 Å². The fourth-order valence-corrected chi connectivity index (χ4v) is 2.23. The van der Waals surface area contributed by atoms with Crippen LogP contribution in [0.15, 0.2) is 42.7 Å². The number of hydrogen-bond donors (Lipinski definition) is 1. The molecule has 0 bridgehead atoms. The van der Waals surface area contributed by atoms with E-state index in [9.17, 15) is 0 Å². The van der Waals surface area contributed by atoms with Crippen LogP contribution in [0.4, 0.5) is 0 Å². The summed E-state index contributed by atoms with van der Waals surface area (Å²) in [5.74, 6) is 0. The first-order valence-corrected chi connectivity index (χ1v) is 6.43. The van der Waals surface area contributed by atoms with Crippen LogP contribution in [0.25, 0.3) is 0 Å². The highest BCUT2D eigenvalue weighted by molar-refractivity contribution is 5.38. The summed E-state index contributed by atoms with van der Waals surface area (Å²) in [5, 5.41) is 3.54. The summed E-state index contributed by atoms with van der Waals surface area (Å²) in [7, 11) is 0. The van der Waals surface area contributed by atoms with Crippen molar-refractivity contribution in [2.75, 3.05) is 6.54 Å². The van der Waals surface area contributed by atoms with Crippen LogP contribution in [-0.4, -0.2) is 11.5 Å². The number of nitrogens with one attached hydrogen (secondary N) is 1. The molecule has 1 N–H and O–H groups in total. The third-order valence-corrected chi connectivity index (χ3v) is 3.17. The average Bonchev–Trinajstić information content (AvgIpc) is 2.40. The number of pyridine rings is 1. The van der Waals surface area contributed by atoms with Gasteiger partial charge in [0, 0.05) is 12.4 Å². The first-order valence-electron chi connectivity index (χ1n) is 6.43. The van der Waals surface area contributed by atoms with Gasteiger partial charge in [-0.15, -0.1) is 0 Å². The summed E-state index contributed by atoms with van der Waals surface area (Å²) in [4.78, 5) is 4.23. The van der Waals surface area contributed by atoms with Crippen molar-refractivity contribution in [2.45, 2.75) is 26.8 Å². The van der Waals surface area contributed by atoms with E-state index >= 15 is 0 Å². The fraction of sp³-hybridized carbons (Fsp3) is 0.312. The lowest BCUT2D eigenvalue weighted by molar-refractivity contribution is 0.625. The van der Waals surface area contributed by atoms with Gasteiger partial charge >= 0.3 is 0 Å². The van der Waals surface area contributed by atoms with Gasteiger partial charge in [0.05, 0.1) is 6.04 Å². The number of benzene rings is 1. The molecule has 1 aromatic carbocycles. The Hall–Kier alpha value is -1.67. The first kappa shape index (κ1) is 12.8. The number of aryl methyl sites for hydroxylation is 2. The topological polar surface area (TPSA) is 24.9 Å². The van der Waals surface area contributed by atoms with Crippen molar-refractivity contribution in [3.8, 4) is 0 Å². The molecule has 0 radical (unpaired) electrons. The second-order valence-electron chi connectivity index (χ2n) is 4.64. The molecule has 0 aliphatic rings. The Morgan fingerprint density at radius 3 is 2.72 bits per heavy atom. The van der Waals surface area contributed by atoms with Gasteiger partial charge in [-0.1, -0.05) is 36.8 Å². The Bertz CT molecular complexity index is 506. The number of rotatable bonds is 4. The summed E-state index contributed by atoms with van der Waals surface area (Å²) in [6.07, 6.45) is 3.75. The summed E-state index contributed by atoms with van der Waals surface area (Å²) >= 11 is 0. The van der Waals surface area contributed by atoms with Gasteiger partial charge in [0.25, 0.3) is 0 Å². The van der Waals surface area contributed by atoms with Gasteiger partial charge in [0.15, 0.2) is 0 Å². The van der Waals surface area contributed by atoms with Crippen LogP contribution in [0.1, 0.15) is 35.2 Å². The van der Waals surface area contributed by atoms with Crippen molar-refractivity contribution in [1.29, 1.82) is 0 Å². The van der Waals surface area contributed by atoms with Crippen LogP contribution in [-0.2, 0) is 0 Å². The van der Waals surface area contributed by atoms with Crippen molar-refractivity contribution in [2.24, 2.45) is 0 Å². The third-order valence-electron chi connectivity index (χ3n) is 3.17. The molecule has 1 heterocycles. The van der Waals surface area contributed by atoms with Crippen LogP contribution >= 0.6 is 0 Å². The molecule has 2 nitrogen and oxygen atoms in total. The van der Waals surface area contributed by atoms with E-state index in [-0.39, 0.29) is 6.04 Å². The number of aromatic nitrogens is 1. The Labute approximate surface area is 109 Å². The largest absolute Gasteiger partial charge is 0.306 e. The lowest BCUT2D eigenvalue weighted by atomic mass is 9.94. The van der Waals surface area contributed by atoms with Crippen LogP contribution < -0.4 is 5.32 Å². The Balaban J connectivity index is 2.44. The van der Waals surface area contributed by atoms with Crippen molar-refractivity contribution >= 4 is 0 Å². The zero-order chi connectivity index (χ0) is 13.0. The minimum absolute atomic E-state index is 0.226. The predicted molar refractivity (Wildman–Crippen MR) is 75.7 cm³/mol. The van der Waals surface area contributed by atoms with Crippen molar-refractivity contribution in [1.82, 2.24) is 10.3 Å². The van der Waals surface area contributed by atoms with Gasteiger partial charge < -0.3 is 5.32 Å². The highest BCUT2D eigenvalue weighted by Crippen LogP contribution is 2.25. The van der Waals surface area contributed by atoms with Gasteiger partial charge in [-0.2, -0.15) is 0 Å². The van der Waals surface area contributed by atoms with Crippen LogP contribution in [0.5, 0.6) is 0 Å². The van der Waals surface area contributed by atoms with Gasteiger partial charge in [-0.3, -0.25) is 4.98 Å². The zero-order valence-electron chi connectivity index (χ0n) is 11.3. The first-order chi connectivity index (χ1) is 8.72. The molecular weight excluding hydrogens is 220 g/mol. The highest BCUT2D eigenvalue weighted by Gasteiger charge is 2.15. The molecule has 0 fully saturated rings. The van der Waals surface area contributed by atoms with Gasteiger partial charge in [-0.05, 0) is 43.1 Å². The van der Waals surface area contributed by atoms with E-state index in [0.29, 0.717) is 0 Å². The molecule has 18 heavy (non-hydrogen) atoms. The second-order valence-corrected chi connectivity index (χ2v) is 4.64. The second kappa shape index (κ2) is 5.78. The standard InChI is InChI=1S/C16H20N2/c1-4-18-16(14-6-5-9-17-11-14)15-10-12(2)7-8-13(15)3/h5-11,16,18H,4H2,1-3H3. The van der Waals surface area contributed by atoms with E-state index in [4.69, 9.17) is 0 Å². The fourth-order valence-electron chi connectivity index (χ4n) is 2.23. The SMILES string of the molecule is CCNC(c1cccnc1)c1cc(C)ccc1C. The molecule has 0 aliphatic carbocycles. The molecule has 0 saturated carbocycles. The maximum atomic E-state index is 4.23. The Morgan fingerprint density at radius 2 is 2.06 bits per heavy atom. The summed E-state index contributed by atoms with van der Waals surface area (Å²) in [6, 6.07) is 10.9. The van der Waals surface area contributed by atoms with E-state index in [1.807, 2.05) is 18.5 Å². The molecule has 1 atom stereocenters. The monoisotopic (exact) mass is 240 g/mol. The van der Waals surface area contributed by atoms with Crippen LogP contribution in [0, 0.1) is 13.8 Å². The van der Waals surface area contributed by atoms with Gasteiger partial charge in [0.2, 0.25) is 0 Å². The molecule has 0 amide bonds. The lowest BCUT2D eigenvalue weighted by Crippen LogP contribution is -2.23. The van der Waals surface area contributed by atoms with Crippen molar-refractivity contribution < 1.29 is 0 Å². The minimum atomic E-state index is 0.226. The van der Waals surface area contributed by atoms with Crippen LogP contribution in [0.2, 0.25) is 0 Å². The lowest BCUT2D eigenvalue weighted by Gasteiger charge is -2.21. The smallest absolute Gasteiger partial charge is 0.0594 e. The molecule has 94 valence electrons. The van der Waals surface area contributed by atoms with E-state index in [0.717, 1.165) is 6.54 Å². The highest BCUT2D eigenvalue weighted by atomic mass is 14.9. The molecule has 1 aromatic heterocycles. The quantitative estimate of drug-likeness (QED) is 0.886. The van der Waals surface area contributed by atoms with E-state index in [1.54, 1.807) is 0 Å². The normalized spacial score (nSPS) is 12.4. The molecular formula is C16H20N2. The Morgan fingerprint density at radius 1 is 1.22 bits per heavy atom. The molecule has 2 rings (SSSR count). The average molecular weight is 240 g/mol. The number of nitrogens with zero attached hydrogens (tertiary/aromatic N) is 1. The molecule has 0 saturated heterocycles. The molecule has 2 heteroatoms. The Kier molecular flexibility index (Phi) is 4.11. The molecule has 1 unspecified atom stereocenters. The molecule has 0 aliphatic heterocycles.